The molecule has 2 heterocycles. The number of aromatic nitrogens is 2. The lowest BCUT2D eigenvalue weighted by molar-refractivity contribution is -0.116. The molecule has 0 radical (unpaired) electrons. The second-order valence-electron chi connectivity index (χ2n) is 5.85. The Morgan fingerprint density at radius 2 is 1.96 bits per heavy atom. The van der Waals surface area contributed by atoms with Gasteiger partial charge in [-0.1, -0.05) is 22.8 Å². The molecule has 0 aliphatic carbocycles. The van der Waals surface area contributed by atoms with Gasteiger partial charge in [-0.15, -0.1) is 0 Å². The normalized spacial score (nSPS) is 10.5. The number of hydrogen-bond donors (Lipinski definition) is 2. The first-order valence-corrected chi connectivity index (χ1v) is 8.74. The van der Waals surface area contributed by atoms with Gasteiger partial charge in [0.15, 0.2) is 0 Å². The number of amides is 2. The van der Waals surface area contributed by atoms with Gasteiger partial charge in [-0.2, -0.15) is 0 Å². The summed E-state index contributed by atoms with van der Waals surface area (Å²) in [6.07, 6.45) is 3.16. The van der Waals surface area contributed by atoms with E-state index in [-0.39, 0.29) is 46.5 Å². The summed E-state index contributed by atoms with van der Waals surface area (Å²) in [5, 5.41) is 9.19. The number of nitrogens with one attached hydrogen (secondary N) is 2. The minimum atomic E-state index is -0.619. The third kappa shape index (κ3) is 4.34. The van der Waals surface area contributed by atoms with Crippen molar-refractivity contribution in [3.05, 3.63) is 64.9 Å². The Balaban J connectivity index is 1.67. The molecular formula is C19H16ClFN4O3. The smallest absolute Gasteiger partial charge is 0.257 e. The predicted molar refractivity (Wildman–Crippen MR) is 101 cm³/mol. The number of pyridine rings is 1. The molecule has 9 heteroatoms. The molecule has 0 aliphatic heterocycles. The monoisotopic (exact) mass is 402 g/mol. The number of benzene rings is 1. The lowest BCUT2D eigenvalue weighted by Gasteiger charge is -2.08. The van der Waals surface area contributed by atoms with Gasteiger partial charge in [-0.25, -0.2) is 4.39 Å². The molecule has 0 aliphatic rings. The zero-order chi connectivity index (χ0) is 20.1. The summed E-state index contributed by atoms with van der Waals surface area (Å²) < 4.78 is 19.3. The summed E-state index contributed by atoms with van der Waals surface area (Å²) in [6.45, 7) is 1.61. The summed E-state index contributed by atoms with van der Waals surface area (Å²) in [5.41, 5.74) is 0.681. The molecule has 0 saturated heterocycles. The first-order chi connectivity index (χ1) is 13.5. The minimum Gasteiger partial charge on any atom is -0.360 e. The molecule has 2 aromatic heterocycles. The average Bonchev–Trinajstić information content (AvgIpc) is 3.03. The van der Waals surface area contributed by atoms with E-state index in [1.165, 1.54) is 25.1 Å². The van der Waals surface area contributed by atoms with Crippen molar-refractivity contribution >= 4 is 29.1 Å². The first kappa shape index (κ1) is 19.5. The fourth-order valence-electron chi connectivity index (χ4n) is 2.57. The van der Waals surface area contributed by atoms with Crippen LogP contribution in [-0.2, 0) is 4.79 Å². The number of anilines is 1. The number of halogens is 2. The number of hydrogen-bond acceptors (Lipinski definition) is 5. The van der Waals surface area contributed by atoms with Crippen LogP contribution in [0.4, 0.5) is 10.1 Å². The Hall–Kier alpha value is -3.26. The van der Waals surface area contributed by atoms with Crippen molar-refractivity contribution in [2.45, 2.75) is 13.3 Å². The van der Waals surface area contributed by atoms with Crippen molar-refractivity contribution in [3.63, 3.8) is 0 Å². The highest BCUT2D eigenvalue weighted by Crippen LogP contribution is 2.33. The quantitative estimate of drug-likeness (QED) is 0.656. The van der Waals surface area contributed by atoms with Crippen LogP contribution in [0.2, 0.25) is 5.02 Å². The Bertz CT molecular complexity index is 987. The van der Waals surface area contributed by atoms with Crippen LogP contribution < -0.4 is 10.6 Å². The molecule has 7 nitrogen and oxygen atoms in total. The molecular weight excluding hydrogens is 387 g/mol. The molecule has 0 unspecified atom stereocenters. The molecule has 0 saturated carbocycles. The van der Waals surface area contributed by atoms with Crippen molar-refractivity contribution in [3.8, 4) is 11.3 Å². The Morgan fingerprint density at radius 1 is 1.21 bits per heavy atom. The van der Waals surface area contributed by atoms with Crippen molar-refractivity contribution in [1.82, 2.24) is 15.5 Å². The van der Waals surface area contributed by atoms with Gasteiger partial charge >= 0.3 is 0 Å². The number of carbonyl (C=O) groups is 2. The Morgan fingerprint density at radius 3 is 2.68 bits per heavy atom. The van der Waals surface area contributed by atoms with E-state index in [1.54, 1.807) is 24.5 Å². The number of nitrogens with zero attached hydrogens (tertiary/aromatic N) is 2. The van der Waals surface area contributed by atoms with Crippen molar-refractivity contribution in [1.29, 1.82) is 0 Å². The largest absolute Gasteiger partial charge is 0.360 e. The van der Waals surface area contributed by atoms with E-state index in [0.717, 1.165) is 0 Å². The standard InChI is InChI=1S/C19H16ClFN4O3/c1-11-16(18(25-28-11)17-13(20)3-2-4-14(17)21)19(27)23-10-7-15(26)24-12-5-8-22-9-6-12/h2-6,8-9H,7,10H2,1H3,(H,23,27)(H,22,24,26). The maximum Gasteiger partial charge on any atom is 0.257 e. The van der Waals surface area contributed by atoms with Crippen LogP contribution in [0.3, 0.4) is 0 Å². The van der Waals surface area contributed by atoms with Crippen LogP contribution in [-0.4, -0.2) is 28.5 Å². The summed E-state index contributed by atoms with van der Waals surface area (Å²) in [5.74, 6) is -1.21. The molecule has 0 spiro atoms. The van der Waals surface area contributed by atoms with Gasteiger partial charge < -0.3 is 15.2 Å². The third-order valence-electron chi connectivity index (χ3n) is 3.89. The topological polar surface area (TPSA) is 97.1 Å². The molecule has 1 aromatic carbocycles. The van der Waals surface area contributed by atoms with Crippen LogP contribution in [0.1, 0.15) is 22.5 Å². The van der Waals surface area contributed by atoms with E-state index in [2.05, 4.69) is 20.8 Å². The molecule has 3 rings (SSSR count). The fraction of sp³-hybridized carbons (Fsp3) is 0.158. The first-order valence-electron chi connectivity index (χ1n) is 8.36. The zero-order valence-electron chi connectivity index (χ0n) is 14.8. The SMILES string of the molecule is Cc1onc(-c2c(F)cccc2Cl)c1C(=O)NCCC(=O)Nc1ccncc1. The number of aryl methyl sites for hydroxylation is 1. The van der Waals surface area contributed by atoms with Crippen LogP contribution >= 0.6 is 11.6 Å². The predicted octanol–water partition coefficient (Wildman–Crippen LogP) is 3.60. The van der Waals surface area contributed by atoms with E-state index in [0.29, 0.717) is 5.69 Å². The van der Waals surface area contributed by atoms with Gasteiger partial charge in [0.05, 0.1) is 10.6 Å². The van der Waals surface area contributed by atoms with Crippen LogP contribution in [0.25, 0.3) is 11.3 Å². The van der Waals surface area contributed by atoms with Crippen molar-refractivity contribution < 1.29 is 18.5 Å². The van der Waals surface area contributed by atoms with Gasteiger partial charge in [-0.3, -0.25) is 14.6 Å². The van der Waals surface area contributed by atoms with Crippen LogP contribution in [0.5, 0.6) is 0 Å². The Kier molecular flexibility index (Phi) is 6.00. The third-order valence-corrected chi connectivity index (χ3v) is 4.21. The summed E-state index contributed by atoms with van der Waals surface area (Å²) in [6, 6.07) is 7.48. The highest BCUT2D eigenvalue weighted by molar-refractivity contribution is 6.33. The Labute approximate surface area is 164 Å². The van der Waals surface area contributed by atoms with Gasteiger partial charge in [0, 0.05) is 31.0 Å². The molecule has 0 bridgehead atoms. The number of rotatable bonds is 6. The van der Waals surface area contributed by atoms with Crippen molar-refractivity contribution in [2.24, 2.45) is 0 Å². The van der Waals surface area contributed by atoms with Crippen molar-refractivity contribution in [2.75, 3.05) is 11.9 Å². The van der Waals surface area contributed by atoms with E-state index < -0.39 is 11.7 Å². The van der Waals surface area contributed by atoms with E-state index in [9.17, 15) is 14.0 Å². The molecule has 2 N–H and O–H groups in total. The molecule has 0 atom stereocenters. The fourth-order valence-corrected chi connectivity index (χ4v) is 2.82. The van der Waals surface area contributed by atoms with Crippen LogP contribution in [0.15, 0.2) is 47.2 Å². The van der Waals surface area contributed by atoms with E-state index >= 15 is 0 Å². The van der Waals surface area contributed by atoms with Gasteiger partial charge in [0.1, 0.15) is 22.8 Å². The molecule has 0 fully saturated rings. The molecule has 2 amide bonds. The average molecular weight is 403 g/mol. The number of carbonyl (C=O) groups excluding carboxylic acids is 2. The molecule has 3 aromatic rings. The second-order valence-corrected chi connectivity index (χ2v) is 6.26. The summed E-state index contributed by atoms with van der Waals surface area (Å²) in [7, 11) is 0. The highest BCUT2D eigenvalue weighted by Gasteiger charge is 2.25. The maximum atomic E-state index is 14.2. The van der Waals surface area contributed by atoms with Gasteiger partial charge in [-0.05, 0) is 31.2 Å². The van der Waals surface area contributed by atoms with E-state index in [1.807, 2.05) is 0 Å². The highest BCUT2D eigenvalue weighted by atomic mass is 35.5. The maximum absolute atomic E-state index is 14.2. The van der Waals surface area contributed by atoms with Crippen LogP contribution in [0, 0.1) is 12.7 Å². The summed E-state index contributed by atoms with van der Waals surface area (Å²) in [4.78, 5) is 28.4. The minimum absolute atomic E-state index is 0.0124. The van der Waals surface area contributed by atoms with E-state index in [4.69, 9.17) is 16.1 Å². The zero-order valence-corrected chi connectivity index (χ0v) is 15.6. The molecule has 144 valence electrons. The van der Waals surface area contributed by atoms with Gasteiger partial charge in [0.25, 0.3) is 5.91 Å². The summed E-state index contributed by atoms with van der Waals surface area (Å²) >= 11 is 6.06. The molecule has 28 heavy (non-hydrogen) atoms. The lowest BCUT2D eigenvalue weighted by atomic mass is 10.0. The van der Waals surface area contributed by atoms with Gasteiger partial charge in [0.2, 0.25) is 5.91 Å². The second kappa shape index (κ2) is 8.62. The lowest BCUT2D eigenvalue weighted by Crippen LogP contribution is -2.28.